The number of nitrogens with one attached hydrogen (secondary N) is 1. The minimum Gasteiger partial charge on any atom is -0.305 e. The first-order valence-corrected chi connectivity index (χ1v) is 4.65. The van der Waals surface area contributed by atoms with Crippen LogP contribution < -0.4 is 11.3 Å². The molecule has 0 bridgehead atoms. The second-order valence-electron chi connectivity index (χ2n) is 2.71. The zero-order valence-electron chi connectivity index (χ0n) is 7.07. The summed E-state index contributed by atoms with van der Waals surface area (Å²) in [4.78, 5) is 15.2. The zero-order chi connectivity index (χ0) is 10.1. The van der Waals surface area contributed by atoms with E-state index in [0.29, 0.717) is 11.3 Å². The molecule has 0 aliphatic carbocycles. The number of fused-ring (bicyclic) bond motifs is 1. The lowest BCUT2D eigenvalue weighted by atomic mass is 10.5. The molecule has 2 aromatic heterocycles. The first-order chi connectivity index (χ1) is 6.70. The van der Waals surface area contributed by atoms with Crippen molar-refractivity contribution in [1.29, 1.82) is 0 Å². The molecule has 2 rings (SSSR count). The number of hydrogen-bond acceptors (Lipinski definition) is 3. The van der Waals surface area contributed by atoms with E-state index in [2.05, 4.69) is 20.9 Å². The zero-order valence-corrected chi connectivity index (χ0v) is 8.65. The van der Waals surface area contributed by atoms with E-state index in [9.17, 15) is 4.79 Å². The van der Waals surface area contributed by atoms with E-state index in [1.54, 1.807) is 16.7 Å². The van der Waals surface area contributed by atoms with Gasteiger partial charge in [-0.15, -0.1) is 0 Å². The number of imidazole rings is 1. The lowest BCUT2D eigenvalue weighted by molar-refractivity contribution is 0.0949. The van der Waals surface area contributed by atoms with Crippen molar-refractivity contribution in [3.05, 3.63) is 34.7 Å². The van der Waals surface area contributed by atoms with Gasteiger partial charge >= 0.3 is 0 Å². The van der Waals surface area contributed by atoms with Gasteiger partial charge in [-0.1, -0.05) is 0 Å². The third kappa shape index (κ3) is 1.49. The second-order valence-corrected chi connectivity index (χ2v) is 3.63. The fraction of sp³-hybridized carbons (Fsp3) is 0. The first kappa shape index (κ1) is 9.17. The molecule has 0 saturated carbocycles. The van der Waals surface area contributed by atoms with Gasteiger partial charge in [-0.05, 0) is 28.1 Å². The molecular formula is C8H7BrN4O. The summed E-state index contributed by atoms with van der Waals surface area (Å²) < 4.78 is 2.66. The molecule has 14 heavy (non-hydrogen) atoms. The van der Waals surface area contributed by atoms with Crippen LogP contribution in [0, 0.1) is 0 Å². The first-order valence-electron chi connectivity index (χ1n) is 3.86. The number of hydrogen-bond donors (Lipinski definition) is 2. The van der Waals surface area contributed by atoms with Gasteiger partial charge in [0.25, 0.3) is 5.91 Å². The van der Waals surface area contributed by atoms with E-state index in [1.807, 2.05) is 17.7 Å². The van der Waals surface area contributed by atoms with Crippen molar-refractivity contribution in [2.45, 2.75) is 0 Å². The van der Waals surface area contributed by atoms with Gasteiger partial charge in [0.15, 0.2) is 0 Å². The smallest absolute Gasteiger partial charge is 0.285 e. The van der Waals surface area contributed by atoms with Crippen LogP contribution in [0.5, 0.6) is 0 Å². The van der Waals surface area contributed by atoms with Gasteiger partial charge in [-0.25, -0.2) is 10.8 Å². The minimum atomic E-state index is -0.398. The Hall–Kier alpha value is -1.40. The average molecular weight is 255 g/mol. The standard InChI is InChI=1S/C8H7BrN4O/c9-5-1-2-7-11-6(8(14)12-10)4-13(7)3-5/h1-4H,10H2,(H,12,14). The lowest BCUT2D eigenvalue weighted by Gasteiger charge is -1.91. The van der Waals surface area contributed by atoms with Crippen molar-refractivity contribution in [2.75, 3.05) is 0 Å². The van der Waals surface area contributed by atoms with Gasteiger partial charge in [-0.3, -0.25) is 10.2 Å². The summed E-state index contributed by atoms with van der Waals surface area (Å²) in [6, 6.07) is 3.66. The number of pyridine rings is 1. The van der Waals surface area contributed by atoms with Crippen LogP contribution in [-0.2, 0) is 0 Å². The maximum absolute atomic E-state index is 11.1. The highest BCUT2D eigenvalue weighted by Crippen LogP contribution is 2.12. The molecule has 0 saturated heterocycles. The normalized spacial score (nSPS) is 10.4. The molecule has 72 valence electrons. The third-order valence-corrected chi connectivity index (χ3v) is 2.25. The number of halogens is 1. The van der Waals surface area contributed by atoms with E-state index < -0.39 is 5.91 Å². The Balaban J connectivity index is 2.56. The predicted octanol–water partition coefficient (Wildman–Crippen LogP) is 0.700. The number of carbonyl (C=O) groups excluding carboxylic acids is 1. The molecule has 3 N–H and O–H groups in total. The number of amides is 1. The molecule has 0 aromatic carbocycles. The minimum absolute atomic E-state index is 0.297. The van der Waals surface area contributed by atoms with E-state index >= 15 is 0 Å². The molecular weight excluding hydrogens is 248 g/mol. The fourth-order valence-electron chi connectivity index (χ4n) is 1.15. The third-order valence-electron chi connectivity index (χ3n) is 1.78. The Morgan fingerprint density at radius 3 is 3.00 bits per heavy atom. The quantitative estimate of drug-likeness (QED) is 0.447. The largest absolute Gasteiger partial charge is 0.305 e. The second kappa shape index (κ2) is 3.39. The van der Waals surface area contributed by atoms with Crippen molar-refractivity contribution < 1.29 is 4.79 Å². The van der Waals surface area contributed by atoms with Crippen LogP contribution >= 0.6 is 15.9 Å². The SMILES string of the molecule is NNC(=O)c1cn2cc(Br)ccc2n1. The topological polar surface area (TPSA) is 72.4 Å². The molecule has 0 aliphatic rings. The number of rotatable bonds is 1. The summed E-state index contributed by atoms with van der Waals surface area (Å²) >= 11 is 3.32. The molecule has 5 nitrogen and oxygen atoms in total. The van der Waals surface area contributed by atoms with Crippen LogP contribution in [0.25, 0.3) is 5.65 Å². The number of aromatic nitrogens is 2. The molecule has 0 atom stereocenters. The highest BCUT2D eigenvalue weighted by atomic mass is 79.9. The van der Waals surface area contributed by atoms with Crippen LogP contribution in [0.1, 0.15) is 10.5 Å². The highest BCUT2D eigenvalue weighted by Gasteiger charge is 2.08. The summed E-state index contributed by atoms with van der Waals surface area (Å²) in [6.07, 6.45) is 3.43. The van der Waals surface area contributed by atoms with E-state index in [-0.39, 0.29) is 0 Å². The number of hydrazine groups is 1. The molecule has 0 radical (unpaired) electrons. The summed E-state index contributed by atoms with van der Waals surface area (Å²) in [5.41, 5.74) is 3.03. The maximum Gasteiger partial charge on any atom is 0.285 e. The molecule has 2 aromatic rings. The Labute approximate surface area is 88.0 Å². The van der Waals surface area contributed by atoms with Crippen molar-refractivity contribution >= 4 is 27.5 Å². The summed E-state index contributed by atoms with van der Waals surface area (Å²) in [6.45, 7) is 0. The number of nitrogens with zero attached hydrogens (tertiary/aromatic N) is 2. The van der Waals surface area contributed by atoms with Crippen LogP contribution in [0.3, 0.4) is 0 Å². The average Bonchev–Trinajstić information content (AvgIpc) is 2.59. The molecule has 0 spiro atoms. The number of nitrogens with two attached hydrogens (primary N) is 1. The van der Waals surface area contributed by atoms with Gasteiger partial charge in [0, 0.05) is 16.9 Å². The van der Waals surface area contributed by atoms with Crippen LogP contribution in [0.4, 0.5) is 0 Å². The fourth-order valence-corrected chi connectivity index (χ4v) is 1.50. The van der Waals surface area contributed by atoms with Crippen molar-refractivity contribution in [2.24, 2.45) is 5.84 Å². The molecule has 0 fully saturated rings. The Morgan fingerprint density at radius 2 is 2.29 bits per heavy atom. The molecule has 0 unspecified atom stereocenters. The van der Waals surface area contributed by atoms with Gasteiger partial charge in [0.2, 0.25) is 0 Å². The Kier molecular flexibility index (Phi) is 2.22. The Bertz CT molecular complexity index is 493. The van der Waals surface area contributed by atoms with Gasteiger partial charge in [-0.2, -0.15) is 0 Å². The number of carbonyl (C=O) groups is 1. The summed E-state index contributed by atoms with van der Waals surface area (Å²) in [5, 5.41) is 0. The highest BCUT2D eigenvalue weighted by molar-refractivity contribution is 9.10. The van der Waals surface area contributed by atoms with Crippen molar-refractivity contribution in [3.63, 3.8) is 0 Å². The summed E-state index contributed by atoms with van der Waals surface area (Å²) in [7, 11) is 0. The maximum atomic E-state index is 11.1. The van der Waals surface area contributed by atoms with Crippen LogP contribution in [0.2, 0.25) is 0 Å². The molecule has 0 aliphatic heterocycles. The number of nitrogen functional groups attached to an aromatic ring is 1. The summed E-state index contributed by atoms with van der Waals surface area (Å²) in [5.74, 6) is 4.60. The Morgan fingerprint density at radius 1 is 1.50 bits per heavy atom. The molecule has 6 heteroatoms. The van der Waals surface area contributed by atoms with Gasteiger partial charge in [0.1, 0.15) is 11.3 Å². The van der Waals surface area contributed by atoms with E-state index in [4.69, 9.17) is 5.84 Å². The van der Waals surface area contributed by atoms with Gasteiger partial charge in [0.05, 0.1) is 0 Å². The van der Waals surface area contributed by atoms with Crippen LogP contribution in [0.15, 0.2) is 29.0 Å². The molecule has 2 heterocycles. The van der Waals surface area contributed by atoms with Gasteiger partial charge < -0.3 is 4.40 Å². The van der Waals surface area contributed by atoms with Crippen LogP contribution in [-0.4, -0.2) is 15.3 Å². The van der Waals surface area contributed by atoms with E-state index in [1.165, 1.54) is 0 Å². The van der Waals surface area contributed by atoms with Crippen molar-refractivity contribution in [3.8, 4) is 0 Å². The lowest BCUT2D eigenvalue weighted by Crippen LogP contribution is -2.30. The molecule has 1 amide bonds. The van der Waals surface area contributed by atoms with E-state index in [0.717, 1.165) is 4.47 Å². The van der Waals surface area contributed by atoms with Crippen molar-refractivity contribution in [1.82, 2.24) is 14.8 Å². The predicted molar refractivity (Wildman–Crippen MR) is 54.5 cm³/mol. The monoisotopic (exact) mass is 254 g/mol.